The fourth-order valence-electron chi connectivity index (χ4n) is 2.37. The number of aryl methyl sites for hydroxylation is 1. The Morgan fingerprint density at radius 1 is 1.12 bits per heavy atom. The van der Waals surface area contributed by atoms with Crippen LogP contribution in [0.3, 0.4) is 0 Å². The molecule has 0 fully saturated rings. The highest BCUT2D eigenvalue weighted by atomic mass is 16.5. The Morgan fingerprint density at radius 2 is 1.92 bits per heavy atom. The van der Waals surface area contributed by atoms with Crippen LogP contribution in [-0.4, -0.2) is 17.6 Å². The van der Waals surface area contributed by atoms with Gasteiger partial charge in [-0.2, -0.15) is 0 Å². The Kier molecular flexibility index (Phi) is 5.14. The van der Waals surface area contributed by atoms with Crippen LogP contribution in [0.15, 0.2) is 59.0 Å². The molecule has 0 aliphatic carbocycles. The standard InChI is InChI=1S/C20H19NO4/c1-3-23-20(22)18-14(2)21-19(25-18)16-10-7-11-17(12-16)24-13-15-8-5-4-6-9-15/h4-12H,3,13H2,1-2H3. The first-order valence-corrected chi connectivity index (χ1v) is 8.09. The van der Waals surface area contributed by atoms with Gasteiger partial charge in [-0.3, -0.25) is 0 Å². The minimum Gasteiger partial charge on any atom is -0.489 e. The second-order valence-corrected chi connectivity index (χ2v) is 5.46. The molecule has 128 valence electrons. The molecule has 5 nitrogen and oxygen atoms in total. The van der Waals surface area contributed by atoms with E-state index in [9.17, 15) is 4.79 Å². The molecule has 1 aromatic heterocycles. The van der Waals surface area contributed by atoms with E-state index >= 15 is 0 Å². The molecule has 0 atom stereocenters. The predicted molar refractivity (Wildman–Crippen MR) is 93.4 cm³/mol. The van der Waals surface area contributed by atoms with E-state index in [1.54, 1.807) is 13.8 Å². The van der Waals surface area contributed by atoms with Gasteiger partial charge in [0, 0.05) is 5.56 Å². The minimum atomic E-state index is -0.504. The first-order valence-electron chi connectivity index (χ1n) is 8.09. The topological polar surface area (TPSA) is 61.6 Å². The zero-order chi connectivity index (χ0) is 17.6. The Balaban J connectivity index is 1.77. The molecule has 1 heterocycles. The lowest BCUT2D eigenvalue weighted by molar-refractivity contribution is 0.0490. The summed E-state index contributed by atoms with van der Waals surface area (Å²) in [5.41, 5.74) is 2.33. The first-order chi connectivity index (χ1) is 12.2. The predicted octanol–water partition coefficient (Wildman–Crippen LogP) is 4.41. The van der Waals surface area contributed by atoms with Gasteiger partial charge in [0.25, 0.3) is 0 Å². The summed E-state index contributed by atoms with van der Waals surface area (Å²) < 4.78 is 16.4. The lowest BCUT2D eigenvalue weighted by Crippen LogP contribution is -2.04. The van der Waals surface area contributed by atoms with E-state index in [-0.39, 0.29) is 12.4 Å². The van der Waals surface area contributed by atoms with Gasteiger partial charge in [-0.15, -0.1) is 0 Å². The molecular weight excluding hydrogens is 318 g/mol. The molecule has 25 heavy (non-hydrogen) atoms. The maximum atomic E-state index is 11.9. The monoisotopic (exact) mass is 337 g/mol. The van der Waals surface area contributed by atoms with Crippen LogP contribution in [0, 0.1) is 6.92 Å². The number of hydrogen-bond donors (Lipinski definition) is 0. The Bertz CT molecular complexity index is 855. The number of rotatable bonds is 6. The number of benzene rings is 2. The van der Waals surface area contributed by atoms with Gasteiger partial charge in [0.05, 0.1) is 12.3 Å². The third kappa shape index (κ3) is 4.07. The van der Waals surface area contributed by atoms with E-state index in [4.69, 9.17) is 13.9 Å². The summed E-state index contributed by atoms with van der Waals surface area (Å²) in [5, 5.41) is 0. The molecule has 0 radical (unpaired) electrons. The number of hydrogen-bond acceptors (Lipinski definition) is 5. The number of ether oxygens (including phenoxy) is 2. The van der Waals surface area contributed by atoms with Crippen LogP contribution in [0.1, 0.15) is 28.7 Å². The van der Waals surface area contributed by atoms with E-state index in [1.807, 2.05) is 54.6 Å². The molecule has 0 amide bonds. The van der Waals surface area contributed by atoms with E-state index in [1.165, 1.54) is 0 Å². The number of esters is 1. The maximum Gasteiger partial charge on any atom is 0.376 e. The summed E-state index contributed by atoms with van der Waals surface area (Å²) in [5.74, 6) is 0.697. The van der Waals surface area contributed by atoms with Gasteiger partial charge < -0.3 is 13.9 Å². The van der Waals surface area contributed by atoms with Gasteiger partial charge in [-0.05, 0) is 37.6 Å². The zero-order valence-electron chi connectivity index (χ0n) is 14.2. The molecule has 0 aliphatic rings. The Morgan fingerprint density at radius 3 is 2.68 bits per heavy atom. The molecule has 0 saturated heterocycles. The summed E-state index contributed by atoms with van der Waals surface area (Å²) in [6.45, 7) is 4.23. The molecular formula is C20H19NO4. The molecule has 5 heteroatoms. The van der Waals surface area contributed by atoms with Crippen LogP contribution in [0.25, 0.3) is 11.5 Å². The van der Waals surface area contributed by atoms with E-state index in [0.29, 0.717) is 23.9 Å². The highest BCUT2D eigenvalue weighted by Crippen LogP contribution is 2.26. The Labute approximate surface area is 146 Å². The lowest BCUT2D eigenvalue weighted by atomic mass is 10.2. The third-order valence-corrected chi connectivity index (χ3v) is 3.59. The van der Waals surface area contributed by atoms with Crippen LogP contribution in [0.2, 0.25) is 0 Å². The lowest BCUT2D eigenvalue weighted by Gasteiger charge is -2.07. The van der Waals surface area contributed by atoms with Crippen molar-refractivity contribution in [3.05, 3.63) is 71.6 Å². The van der Waals surface area contributed by atoms with Crippen molar-refractivity contribution in [3.63, 3.8) is 0 Å². The van der Waals surface area contributed by atoms with Crippen LogP contribution >= 0.6 is 0 Å². The quantitative estimate of drug-likeness (QED) is 0.624. The highest BCUT2D eigenvalue weighted by molar-refractivity contribution is 5.87. The third-order valence-electron chi connectivity index (χ3n) is 3.59. The number of carbonyl (C=O) groups excluding carboxylic acids is 1. The average molecular weight is 337 g/mol. The number of carbonyl (C=O) groups is 1. The van der Waals surface area contributed by atoms with E-state index < -0.39 is 5.97 Å². The van der Waals surface area contributed by atoms with Gasteiger partial charge in [0.1, 0.15) is 12.4 Å². The molecule has 3 rings (SSSR count). The minimum absolute atomic E-state index is 0.132. The summed E-state index contributed by atoms with van der Waals surface area (Å²) in [7, 11) is 0. The van der Waals surface area contributed by atoms with Crippen LogP contribution < -0.4 is 4.74 Å². The van der Waals surface area contributed by atoms with E-state index in [2.05, 4.69) is 4.98 Å². The van der Waals surface area contributed by atoms with Crippen molar-refractivity contribution >= 4 is 5.97 Å². The summed E-state index contributed by atoms with van der Waals surface area (Å²) in [6, 6.07) is 17.4. The van der Waals surface area contributed by atoms with Crippen LogP contribution in [0.4, 0.5) is 0 Å². The normalized spacial score (nSPS) is 10.5. The summed E-state index contributed by atoms with van der Waals surface area (Å²) >= 11 is 0. The molecule has 0 bridgehead atoms. The highest BCUT2D eigenvalue weighted by Gasteiger charge is 2.19. The molecule has 0 aliphatic heterocycles. The molecule has 0 N–H and O–H groups in total. The zero-order valence-corrected chi connectivity index (χ0v) is 14.2. The van der Waals surface area contributed by atoms with Crippen molar-refractivity contribution < 1.29 is 18.7 Å². The van der Waals surface area contributed by atoms with Gasteiger partial charge in [-0.1, -0.05) is 36.4 Å². The second-order valence-electron chi connectivity index (χ2n) is 5.46. The number of nitrogens with zero attached hydrogens (tertiary/aromatic N) is 1. The van der Waals surface area contributed by atoms with Gasteiger partial charge >= 0.3 is 5.97 Å². The fourth-order valence-corrected chi connectivity index (χ4v) is 2.37. The van der Waals surface area contributed by atoms with Crippen molar-refractivity contribution in [1.29, 1.82) is 0 Å². The van der Waals surface area contributed by atoms with Gasteiger partial charge in [0.15, 0.2) is 0 Å². The molecule has 3 aromatic rings. The fraction of sp³-hybridized carbons (Fsp3) is 0.200. The van der Waals surface area contributed by atoms with Gasteiger partial charge in [0.2, 0.25) is 11.7 Å². The van der Waals surface area contributed by atoms with Crippen molar-refractivity contribution in [3.8, 4) is 17.2 Å². The summed E-state index contributed by atoms with van der Waals surface area (Å²) in [6.07, 6.45) is 0. The largest absolute Gasteiger partial charge is 0.489 e. The van der Waals surface area contributed by atoms with Crippen molar-refractivity contribution in [2.45, 2.75) is 20.5 Å². The molecule has 2 aromatic carbocycles. The summed E-state index contributed by atoms with van der Waals surface area (Å²) in [4.78, 5) is 16.2. The van der Waals surface area contributed by atoms with E-state index in [0.717, 1.165) is 11.1 Å². The van der Waals surface area contributed by atoms with Crippen LogP contribution in [-0.2, 0) is 11.3 Å². The smallest absolute Gasteiger partial charge is 0.376 e. The molecule has 0 unspecified atom stereocenters. The van der Waals surface area contributed by atoms with Gasteiger partial charge in [-0.25, -0.2) is 9.78 Å². The number of oxazole rings is 1. The first kappa shape index (κ1) is 16.8. The van der Waals surface area contributed by atoms with Crippen LogP contribution in [0.5, 0.6) is 5.75 Å². The molecule has 0 spiro atoms. The maximum absolute atomic E-state index is 11.9. The number of aromatic nitrogens is 1. The van der Waals surface area contributed by atoms with Crippen molar-refractivity contribution in [1.82, 2.24) is 4.98 Å². The Hall–Kier alpha value is -3.08. The average Bonchev–Trinajstić information content (AvgIpc) is 3.03. The SMILES string of the molecule is CCOC(=O)c1oc(-c2cccc(OCc3ccccc3)c2)nc1C. The van der Waals surface area contributed by atoms with Crippen molar-refractivity contribution in [2.75, 3.05) is 6.61 Å². The van der Waals surface area contributed by atoms with Crippen molar-refractivity contribution in [2.24, 2.45) is 0 Å². The second kappa shape index (κ2) is 7.66. The molecule has 0 saturated carbocycles.